The van der Waals surface area contributed by atoms with Gasteiger partial charge in [-0.3, -0.25) is 4.79 Å². The smallest absolute Gasteiger partial charge is 0.255 e. The third-order valence-electron chi connectivity index (χ3n) is 2.72. The first-order chi connectivity index (χ1) is 9.22. The molecule has 0 radical (unpaired) electrons. The van der Waals surface area contributed by atoms with Gasteiger partial charge < -0.3 is 15.3 Å². The first kappa shape index (κ1) is 15.4. The van der Waals surface area contributed by atoms with E-state index in [1.165, 1.54) is 0 Å². The van der Waals surface area contributed by atoms with Crippen LogP contribution in [0.2, 0.25) is 0 Å². The highest BCUT2D eigenvalue weighted by Gasteiger charge is 2.14. The maximum Gasteiger partial charge on any atom is 0.255 e. The minimum absolute atomic E-state index is 0.0185. The Bertz CT molecular complexity index is 373. The van der Waals surface area contributed by atoms with Gasteiger partial charge in [0.2, 0.25) is 0 Å². The van der Waals surface area contributed by atoms with Gasteiger partial charge in [0, 0.05) is 25.8 Å². The fourth-order valence-corrected chi connectivity index (χ4v) is 1.77. The van der Waals surface area contributed by atoms with Crippen LogP contribution in [0.15, 0.2) is 18.3 Å². The Hall–Kier alpha value is -1.62. The number of aliphatic hydroxyl groups is 1. The van der Waals surface area contributed by atoms with Gasteiger partial charge in [0.25, 0.3) is 5.91 Å². The van der Waals surface area contributed by atoms with Crippen molar-refractivity contribution in [2.75, 3.05) is 31.6 Å². The molecular weight excluding hydrogens is 242 g/mol. The monoisotopic (exact) mass is 265 g/mol. The van der Waals surface area contributed by atoms with Crippen molar-refractivity contribution in [3.05, 3.63) is 23.9 Å². The van der Waals surface area contributed by atoms with Gasteiger partial charge in [-0.25, -0.2) is 4.98 Å². The molecule has 0 aliphatic heterocycles. The van der Waals surface area contributed by atoms with Gasteiger partial charge in [0.1, 0.15) is 5.82 Å². The van der Waals surface area contributed by atoms with Gasteiger partial charge in [-0.1, -0.05) is 13.8 Å². The highest BCUT2D eigenvalue weighted by atomic mass is 16.3. The fraction of sp³-hybridized carbons (Fsp3) is 0.571. The summed E-state index contributed by atoms with van der Waals surface area (Å²) in [6.45, 7) is 5.95. The molecule has 1 aromatic rings. The molecule has 0 aliphatic rings. The van der Waals surface area contributed by atoms with E-state index in [9.17, 15) is 4.79 Å². The number of carbonyl (C=O) groups is 1. The summed E-state index contributed by atoms with van der Waals surface area (Å²) in [5, 5.41) is 12.1. The number of hydrogen-bond donors (Lipinski definition) is 2. The number of nitrogens with one attached hydrogen (secondary N) is 1. The summed E-state index contributed by atoms with van der Waals surface area (Å²) in [6, 6.07) is 3.58. The predicted octanol–water partition coefficient (Wildman–Crippen LogP) is 1.75. The lowest BCUT2D eigenvalue weighted by molar-refractivity contribution is 0.0721. The molecule has 0 atom stereocenters. The number of hydrogen-bond acceptors (Lipinski definition) is 4. The molecule has 0 aromatic carbocycles. The van der Waals surface area contributed by atoms with Crippen LogP contribution in [-0.4, -0.2) is 47.1 Å². The Balaban J connectivity index is 2.69. The lowest BCUT2D eigenvalue weighted by Gasteiger charge is -2.21. The van der Waals surface area contributed by atoms with E-state index in [0.29, 0.717) is 18.7 Å². The lowest BCUT2D eigenvalue weighted by Crippen LogP contribution is -2.34. The molecule has 0 saturated heterocycles. The first-order valence-electron chi connectivity index (χ1n) is 6.83. The second-order valence-electron chi connectivity index (χ2n) is 4.37. The van der Waals surface area contributed by atoms with Crippen LogP contribution in [0.3, 0.4) is 0 Å². The zero-order valence-electron chi connectivity index (χ0n) is 11.7. The van der Waals surface area contributed by atoms with Crippen LogP contribution in [0.5, 0.6) is 0 Å². The number of amides is 1. The molecule has 1 aromatic heterocycles. The number of nitrogens with zero attached hydrogens (tertiary/aromatic N) is 2. The maximum absolute atomic E-state index is 12.2. The van der Waals surface area contributed by atoms with Crippen LogP contribution < -0.4 is 5.32 Å². The Morgan fingerprint density at radius 2 is 2.11 bits per heavy atom. The zero-order valence-corrected chi connectivity index (χ0v) is 11.7. The van der Waals surface area contributed by atoms with Crippen LogP contribution in [-0.2, 0) is 0 Å². The summed E-state index contributed by atoms with van der Waals surface area (Å²) in [6.07, 6.45) is 3.48. The third kappa shape index (κ3) is 4.87. The molecule has 0 unspecified atom stereocenters. The van der Waals surface area contributed by atoms with E-state index in [4.69, 9.17) is 5.11 Å². The molecule has 5 nitrogen and oxygen atoms in total. The summed E-state index contributed by atoms with van der Waals surface area (Å²) < 4.78 is 0. The van der Waals surface area contributed by atoms with E-state index in [1.54, 1.807) is 17.2 Å². The van der Waals surface area contributed by atoms with Crippen LogP contribution in [0.25, 0.3) is 0 Å². The number of anilines is 1. The van der Waals surface area contributed by atoms with Crippen molar-refractivity contribution in [3.8, 4) is 0 Å². The van der Waals surface area contributed by atoms with Gasteiger partial charge in [0.15, 0.2) is 0 Å². The molecule has 1 amide bonds. The summed E-state index contributed by atoms with van der Waals surface area (Å²) in [7, 11) is 0. The van der Waals surface area contributed by atoms with Gasteiger partial charge in [-0.15, -0.1) is 0 Å². The number of aliphatic hydroxyl groups excluding tert-OH is 1. The topological polar surface area (TPSA) is 65.5 Å². The van der Waals surface area contributed by atoms with Crippen molar-refractivity contribution >= 4 is 11.7 Å². The predicted molar refractivity (Wildman–Crippen MR) is 76.3 cm³/mol. The third-order valence-corrected chi connectivity index (χ3v) is 2.72. The Morgan fingerprint density at radius 1 is 1.32 bits per heavy atom. The van der Waals surface area contributed by atoms with E-state index in [-0.39, 0.29) is 12.5 Å². The minimum Gasteiger partial charge on any atom is -0.395 e. The van der Waals surface area contributed by atoms with Crippen molar-refractivity contribution in [2.24, 2.45) is 0 Å². The highest BCUT2D eigenvalue weighted by Crippen LogP contribution is 2.08. The number of pyridine rings is 1. The largest absolute Gasteiger partial charge is 0.395 e. The quantitative estimate of drug-likeness (QED) is 0.751. The van der Waals surface area contributed by atoms with Crippen molar-refractivity contribution in [1.29, 1.82) is 0 Å². The maximum atomic E-state index is 12.2. The number of rotatable bonds is 8. The van der Waals surface area contributed by atoms with Gasteiger partial charge >= 0.3 is 0 Å². The molecule has 106 valence electrons. The van der Waals surface area contributed by atoms with Crippen molar-refractivity contribution < 1.29 is 9.90 Å². The molecule has 0 fully saturated rings. The molecule has 2 N–H and O–H groups in total. The summed E-state index contributed by atoms with van der Waals surface area (Å²) in [5.41, 5.74) is 0.559. The molecule has 0 aliphatic carbocycles. The molecule has 1 rings (SSSR count). The molecule has 19 heavy (non-hydrogen) atoms. The number of aromatic nitrogens is 1. The van der Waals surface area contributed by atoms with E-state index in [0.717, 1.165) is 25.2 Å². The molecular formula is C14H23N3O2. The summed E-state index contributed by atoms with van der Waals surface area (Å²) >= 11 is 0. The van der Waals surface area contributed by atoms with Gasteiger partial charge in [-0.05, 0) is 25.0 Å². The Labute approximate surface area is 114 Å². The highest BCUT2D eigenvalue weighted by molar-refractivity contribution is 5.94. The number of carbonyl (C=O) groups excluding carboxylic acids is 1. The van der Waals surface area contributed by atoms with Crippen LogP contribution in [0.4, 0.5) is 5.82 Å². The normalized spacial score (nSPS) is 10.3. The SMILES string of the molecule is CCCNc1ccc(C(=O)N(CCC)CCO)cn1. The Morgan fingerprint density at radius 3 is 2.63 bits per heavy atom. The van der Waals surface area contributed by atoms with Crippen LogP contribution in [0, 0.1) is 0 Å². The van der Waals surface area contributed by atoms with Crippen molar-refractivity contribution in [1.82, 2.24) is 9.88 Å². The van der Waals surface area contributed by atoms with Crippen LogP contribution in [0.1, 0.15) is 37.0 Å². The van der Waals surface area contributed by atoms with E-state index < -0.39 is 0 Å². The average Bonchev–Trinajstić information content (AvgIpc) is 2.44. The van der Waals surface area contributed by atoms with Crippen molar-refractivity contribution in [3.63, 3.8) is 0 Å². The summed E-state index contributed by atoms with van der Waals surface area (Å²) in [5.74, 6) is 0.702. The van der Waals surface area contributed by atoms with Gasteiger partial charge in [-0.2, -0.15) is 0 Å². The molecule has 0 bridgehead atoms. The zero-order chi connectivity index (χ0) is 14.1. The second kappa shape index (κ2) is 8.48. The standard InChI is InChI=1S/C14H23N3O2/c1-3-7-15-13-6-5-12(11-16-13)14(19)17(8-4-2)9-10-18/h5-6,11,18H,3-4,7-10H2,1-2H3,(H,15,16). The average molecular weight is 265 g/mol. The van der Waals surface area contributed by atoms with E-state index >= 15 is 0 Å². The van der Waals surface area contributed by atoms with Crippen LogP contribution >= 0.6 is 0 Å². The fourth-order valence-electron chi connectivity index (χ4n) is 1.77. The van der Waals surface area contributed by atoms with Crippen molar-refractivity contribution in [2.45, 2.75) is 26.7 Å². The lowest BCUT2D eigenvalue weighted by atomic mass is 10.2. The first-order valence-corrected chi connectivity index (χ1v) is 6.83. The second-order valence-corrected chi connectivity index (χ2v) is 4.37. The van der Waals surface area contributed by atoms with Gasteiger partial charge in [0.05, 0.1) is 12.2 Å². The van der Waals surface area contributed by atoms with E-state index in [2.05, 4.69) is 17.2 Å². The molecule has 0 saturated carbocycles. The Kier molecular flexibility index (Phi) is 6.89. The minimum atomic E-state index is -0.0783. The molecule has 1 heterocycles. The molecule has 5 heteroatoms. The van der Waals surface area contributed by atoms with E-state index in [1.807, 2.05) is 13.0 Å². The molecule has 0 spiro atoms. The summed E-state index contributed by atoms with van der Waals surface area (Å²) in [4.78, 5) is 18.1.